The lowest BCUT2D eigenvalue weighted by Crippen LogP contribution is -2.43. The van der Waals surface area contributed by atoms with Crippen LogP contribution in [0.25, 0.3) is 0 Å². The summed E-state index contributed by atoms with van der Waals surface area (Å²) in [4.78, 5) is 25.2. The maximum absolute atomic E-state index is 12.8. The first-order valence-electron chi connectivity index (χ1n) is 10.2. The second-order valence-corrected chi connectivity index (χ2v) is 8.20. The largest absolute Gasteiger partial charge is 0.460 e. The second kappa shape index (κ2) is 9.22. The molecule has 28 heavy (non-hydrogen) atoms. The smallest absolute Gasteiger partial charge is 0.431 e. The van der Waals surface area contributed by atoms with Gasteiger partial charge < -0.3 is 9.47 Å². The molecule has 4 atom stereocenters. The highest BCUT2D eigenvalue weighted by Crippen LogP contribution is 2.35. The van der Waals surface area contributed by atoms with Gasteiger partial charge in [-0.15, -0.1) is 0 Å². The maximum atomic E-state index is 12.8. The SMILES string of the molecule is CC(C)[C@@H]1CC[C@@H](C)[C@@H](OC(=O)C2CC=NN2C(=O)OCc2ccccc2)C1. The zero-order chi connectivity index (χ0) is 20.1. The number of ether oxygens (including phenoxy) is 2. The van der Waals surface area contributed by atoms with Crippen LogP contribution in [0.15, 0.2) is 35.4 Å². The number of rotatable bonds is 5. The number of carbonyl (C=O) groups is 2. The second-order valence-electron chi connectivity index (χ2n) is 8.20. The fraction of sp³-hybridized carbons (Fsp3) is 0.591. The molecule has 0 saturated heterocycles. The molecular formula is C22H30N2O4. The highest BCUT2D eigenvalue weighted by Gasteiger charge is 2.38. The molecule has 1 heterocycles. The molecule has 1 unspecified atom stereocenters. The van der Waals surface area contributed by atoms with E-state index in [1.165, 1.54) is 6.42 Å². The van der Waals surface area contributed by atoms with Crippen LogP contribution < -0.4 is 0 Å². The summed E-state index contributed by atoms with van der Waals surface area (Å²) in [6, 6.07) is 8.68. The third kappa shape index (κ3) is 4.91. The molecular weight excluding hydrogens is 356 g/mol. The lowest BCUT2D eigenvalue weighted by molar-refractivity contribution is -0.160. The first kappa shape index (κ1) is 20.4. The molecule has 152 valence electrons. The fourth-order valence-corrected chi connectivity index (χ4v) is 3.88. The number of carbonyl (C=O) groups excluding carboxylic acids is 2. The van der Waals surface area contributed by atoms with Gasteiger partial charge in [-0.3, -0.25) is 0 Å². The Morgan fingerprint density at radius 1 is 1.21 bits per heavy atom. The molecule has 0 spiro atoms. The monoisotopic (exact) mass is 386 g/mol. The molecule has 6 heteroatoms. The Balaban J connectivity index is 1.56. The predicted molar refractivity (Wildman–Crippen MR) is 107 cm³/mol. The summed E-state index contributed by atoms with van der Waals surface area (Å²) in [6.45, 7) is 6.71. The Morgan fingerprint density at radius 2 is 1.96 bits per heavy atom. The Kier molecular flexibility index (Phi) is 6.70. The standard InChI is InChI=1S/C22H30N2O4/c1-15(2)18-10-9-16(3)20(13-18)28-21(25)19-11-12-23-24(19)22(26)27-14-17-7-5-4-6-8-17/h4-8,12,15-16,18-20H,9-11,13-14H2,1-3H3/t16-,18-,19?,20+/m1/s1. The van der Waals surface area contributed by atoms with Gasteiger partial charge >= 0.3 is 12.1 Å². The van der Waals surface area contributed by atoms with Gasteiger partial charge in [0.2, 0.25) is 0 Å². The molecule has 1 aliphatic carbocycles. The van der Waals surface area contributed by atoms with Crippen LogP contribution in [-0.2, 0) is 20.9 Å². The van der Waals surface area contributed by atoms with Crippen LogP contribution in [0.3, 0.4) is 0 Å². The molecule has 0 radical (unpaired) electrons. The Bertz CT molecular complexity index is 704. The van der Waals surface area contributed by atoms with E-state index in [0.29, 0.717) is 24.2 Å². The van der Waals surface area contributed by atoms with E-state index in [2.05, 4.69) is 25.9 Å². The molecule has 1 saturated carbocycles. The Morgan fingerprint density at radius 3 is 2.68 bits per heavy atom. The minimum atomic E-state index is -0.741. The summed E-state index contributed by atoms with van der Waals surface area (Å²) < 4.78 is 11.2. The molecule has 3 rings (SSSR count). The zero-order valence-corrected chi connectivity index (χ0v) is 16.9. The predicted octanol–water partition coefficient (Wildman–Crippen LogP) is 4.39. The molecule has 1 aromatic carbocycles. The normalized spacial score (nSPS) is 27.1. The van der Waals surface area contributed by atoms with Gasteiger partial charge in [0.15, 0.2) is 6.04 Å². The van der Waals surface area contributed by atoms with Crippen LogP contribution in [-0.4, -0.2) is 35.4 Å². The number of nitrogens with zero attached hydrogens (tertiary/aromatic N) is 2. The topological polar surface area (TPSA) is 68.2 Å². The minimum absolute atomic E-state index is 0.101. The van der Waals surface area contributed by atoms with Crippen molar-refractivity contribution in [3.8, 4) is 0 Å². The maximum Gasteiger partial charge on any atom is 0.431 e. The van der Waals surface area contributed by atoms with Crippen molar-refractivity contribution < 1.29 is 19.1 Å². The molecule has 1 aromatic rings. The van der Waals surface area contributed by atoms with Crippen molar-refractivity contribution in [3.05, 3.63) is 35.9 Å². The summed E-state index contributed by atoms with van der Waals surface area (Å²) >= 11 is 0. The number of hydrogen-bond acceptors (Lipinski definition) is 5. The van der Waals surface area contributed by atoms with Gasteiger partial charge in [-0.25, -0.2) is 9.59 Å². The summed E-state index contributed by atoms with van der Waals surface area (Å²) in [7, 11) is 0. The van der Waals surface area contributed by atoms with E-state index in [1.54, 1.807) is 6.21 Å². The molecule has 0 N–H and O–H groups in total. The van der Waals surface area contributed by atoms with Crippen LogP contribution in [0.5, 0.6) is 0 Å². The summed E-state index contributed by atoms with van der Waals surface area (Å²) in [6.07, 6.45) is 4.32. The van der Waals surface area contributed by atoms with E-state index >= 15 is 0 Å². The van der Waals surface area contributed by atoms with Gasteiger partial charge in [-0.2, -0.15) is 10.1 Å². The van der Waals surface area contributed by atoms with Crippen LogP contribution in [0.1, 0.15) is 52.0 Å². The van der Waals surface area contributed by atoms with E-state index in [1.807, 2.05) is 30.3 Å². The van der Waals surface area contributed by atoms with Gasteiger partial charge in [0, 0.05) is 12.6 Å². The van der Waals surface area contributed by atoms with Crippen molar-refractivity contribution in [1.82, 2.24) is 5.01 Å². The summed E-state index contributed by atoms with van der Waals surface area (Å²) in [5.74, 6) is 1.09. The number of benzene rings is 1. The highest BCUT2D eigenvalue weighted by molar-refractivity contribution is 5.87. The van der Waals surface area contributed by atoms with E-state index < -0.39 is 18.1 Å². The van der Waals surface area contributed by atoms with Crippen LogP contribution >= 0.6 is 0 Å². The average molecular weight is 386 g/mol. The third-order valence-corrected chi connectivity index (χ3v) is 5.87. The Labute approximate surface area is 166 Å². The highest BCUT2D eigenvalue weighted by atomic mass is 16.6. The zero-order valence-electron chi connectivity index (χ0n) is 16.9. The van der Waals surface area contributed by atoms with Crippen molar-refractivity contribution in [2.24, 2.45) is 22.9 Å². The van der Waals surface area contributed by atoms with Crippen molar-refractivity contribution in [1.29, 1.82) is 0 Å². The lowest BCUT2D eigenvalue weighted by atomic mass is 9.76. The van der Waals surface area contributed by atoms with Crippen LogP contribution in [0, 0.1) is 17.8 Å². The quantitative estimate of drug-likeness (QED) is 0.704. The van der Waals surface area contributed by atoms with Gasteiger partial charge in [-0.05, 0) is 42.6 Å². The molecule has 1 amide bonds. The summed E-state index contributed by atoms with van der Waals surface area (Å²) in [5, 5.41) is 5.15. The first-order valence-corrected chi connectivity index (χ1v) is 10.2. The lowest BCUT2D eigenvalue weighted by Gasteiger charge is -2.36. The molecule has 0 aromatic heterocycles. The van der Waals surface area contributed by atoms with Crippen molar-refractivity contribution >= 4 is 18.3 Å². The molecule has 0 bridgehead atoms. The Hall–Kier alpha value is -2.37. The molecule has 1 fully saturated rings. The van der Waals surface area contributed by atoms with Gasteiger partial charge in [0.1, 0.15) is 12.7 Å². The molecule has 6 nitrogen and oxygen atoms in total. The number of amides is 1. The summed E-state index contributed by atoms with van der Waals surface area (Å²) in [5.41, 5.74) is 0.883. The van der Waals surface area contributed by atoms with Crippen LogP contribution in [0.2, 0.25) is 0 Å². The average Bonchev–Trinajstić information content (AvgIpc) is 3.18. The van der Waals surface area contributed by atoms with Crippen molar-refractivity contribution in [3.63, 3.8) is 0 Å². The van der Waals surface area contributed by atoms with E-state index in [0.717, 1.165) is 23.4 Å². The van der Waals surface area contributed by atoms with Gasteiger partial charge in [0.25, 0.3) is 0 Å². The van der Waals surface area contributed by atoms with Crippen molar-refractivity contribution in [2.45, 2.75) is 65.2 Å². The van der Waals surface area contributed by atoms with E-state index in [4.69, 9.17) is 9.47 Å². The minimum Gasteiger partial charge on any atom is -0.460 e. The van der Waals surface area contributed by atoms with E-state index in [-0.39, 0.29) is 12.7 Å². The van der Waals surface area contributed by atoms with Gasteiger partial charge in [-0.1, -0.05) is 51.1 Å². The molecule has 1 aliphatic heterocycles. The first-order chi connectivity index (χ1) is 13.5. The number of hydrogen-bond donors (Lipinski definition) is 0. The van der Waals surface area contributed by atoms with Gasteiger partial charge in [0.05, 0.1) is 0 Å². The number of hydrazone groups is 1. The van der Waals surface area contributed by atoms with Crippen molar-refractivity contribution in [2.75, 3.05) is 0 Å². The van der Waals surface area contributed by atoms with E-state index in [9.17, 15) is 9.59 Å². The molecule has 2 aliphatic rings. The fourth-order valence-electron chi connectivity index (χ4n) is 3.88. The number of esters is 1. The van der Waals surface area contributed by atoms with Crippen LogP contribution in [0.4, 0.5) is 4.79 Å². The third-order valence-electron chi connectivity index (χ3n) is 5.87.